The second kappa shape index (κ2) is 4.85. The van der Waals surface area contributed by atoms with Crippen molar-refractivity contribution < 1.29 is 4.11 Å². The first kappa shape index (κ1) is 8.21. The lowest BCUT2D eigenvalue weighted by molar-refractivity contribution is 0.357. The zero-order valence-electron chi connectivity index (χ0n) is 6.20. The Hall–Kier alpha value is 0.107. The maximum Gasteiger partial charge on any atom is 0.396 e. The smallest absolute Gasteiger partial charge is 0.311 e. The van der Waals surface area contributed by atoms with Gasteiger partial charge in [0, 0.05) is 0 Å². The van der Waals surface area contributed by atoms with Crippen LogP contribution in [-0.2, 0) is 0 Å². The predicted octanol–water partition coefficient (Wildman–Crippen LogP) is 1.66. The van der Waals surface area contributed by atoms with Gasteiger partial charge in [-0.3, -0.25) is 4.11 Å². The van der Waals surface area contributed by atoms with E-state index in [1.54, 1.807) is 0 Å². The molecule has 0 atom stereocenters. The van der Waals surface area contributed by atoms with E-state index in [4.69, 9.17) is 0 Å². The van der Waals surface area contributed by atoms with Gasteiger partial charge in [-0.25, -0.2) is 0 Å². The molecule has 0 heterocycles. The third-order valence-corrected chi connectivity index (χ3v) is 2.52. The highest BCUT2D eigenvalue weighted by Gasteiger charge is 2.12. The highest BCUT2D eigenvalue weighted by Crippen LogP contribution is 2.22. The van der Waals surface area contributed by atoms with Crippen LogP contribution in [0.3, 0.4) is 0 Å². The zero-order chi connectivity index (χ0) is 7.23. The summed E-state index contributed by atoms with van der Waals surface area (Å²) >= 11 is 0. The van der Waals surface area contributed by atoms with Gasteiger partial charge in [-0.15, -0.1) is 0 Å². The van der Waals surface area contributed by atoms with E-state index in [0.29, 0.717) is 0 Å². The number of halogens is 1. The summed E-state index contributed by atoms with van der Waals surface area (Å²) in [6, 6.07) is 0. The Morgan fingerprint density at radius 1 is 1.30 bits per heavy atom. The van der Waals surface area contributed by atoms with Gasteiger partial charge < -0.3 is 4.98 Å². The van der Waals surface area contributed by atoms with Gasteiger partial charge in [-0.1, -0.05) is 19.3 Å². The van der Waals surface area contributed by atoms with Gasteiger partial charge >= 0.3 is 10.0 Å². The van der Waals surface area contributed by atoms with E-state index in [1.165, 1.54) is 32.1 Å². The highest BCUT2D eigenvalue weighted by atomic mass is 28.3. The van der Waals surface area contributed by atoms with Crippen LogP contribution in [0.1, 0.15) is 32.1 Å². The molecule has 10 heavy (non-hydrogen) atoms. The molecular weight excluding hydrogens is 145 g/mol. The summed E-state index contributed by atoms with van der Waals surface area (Å²) in [5.41, 5.74) is 0. The van der Waals surface area contributed by atoms with Crippen LogP contribution in [0.15, 0.2) is 0 Å². The Balaban J connectivity index is 2.02. The lowest BCUT2D eigenvalue weighted by atomic mass is 9.90. The van der Waals surface area contributed by atoms with Crippen molar-refractivity contribution in [3.8, 4) is 0 Å². The molecule has 0 aromatic rings. The van der Waals surface area contributed by atoms with Crippen molar-refractivity contribution in [1.29, 1.82) is 0 Å². The lowest BCUT2D eigenvalue weighted by Gasteiger charge is -2.20. The zero-order valence-corrected chi connectivity index (χ0v) is 7.20. The van der Waals surface area contributed by atoms with Gasteiger partial charge in [-0.2, -0.15) is 0 Å². The lowest BCUT2D eigenvalue weighted by Crippen LogP contribution is -2.25. The van der Waals surface area contributed by atoms with Crippen LogP contribution in [0.25, 0.3) is 0 Å². The van der Waals surface area contributed by atoms with Gasteiger partial charge in [0.05, 0.1) is 0 Å². The third-order valence-electron chi connectivity index (χ3n) is 2.18. The molecule has 1 nitrogen and oxygen atoms in total. The summed E-state index contributed by atoms with van der Waals surface area (Å²) in [6.07, 6.45) is 6.69. The van der Waals surface area contributed by atoms with Crippen LogP contribution in [0.4, 0.5) is 4.11 Å². The number of hydrogen-bond donors (Lipinski definition) is 1. The first-order valence-corrected chi connectivity index (χ1v) is 4.90. The Bertz CT molecular complexity index is 83.7. The normalized spacial score (nSPS) is 21.3. The van der Waals surface area contributed by atoms with E-state index in [0.717, 1.165) is 12.5 Å². The molecule has 1 saturated carbocycles. The van der Waals surface area contributed by atoms with Crippen LogP contribution >= 0.6 is 0 Å². The molecule has 1 aliphatic carbocycles. The highest BCUT2D eigenvalue weighted by molar-refractivity contribution is 6.22. The Morgan fingerprint density at radius 3 is 2.60 bits per heavy atom. The van der Waals surface area contributed by atoms with Gasteiger partial charge in [0.15, 0.2) is 0 Å². The van der Waals surface area contributed by atoms with Crippen LogP contribution in [-0.4, -0.2) is 16.6 Å². The Labute approximate surface area is 64.5 Å². The molecular formula is C7H14FNSi. The summed E-state index contributed by atoms with van der Waals surface area (Å²) in [7, 11) is -0.568. The number of rotatable bonds is 3. The largest absolute Gasteiger partial charge is 0.396 e. The fourth-order valence-electron chi connectivity index (χ4n) is 1.57. The molecule has 0 spiro atoms. The molecule has 1 aliphatic rings. The second-order valence-corrected chi connectivity index (χ2v) is 3.52. The molecule has 0 bridgehead atoms. The minimum Gasteiger partial charge on any atom is -0.311 e. The van der Waals surface area contributed by atoms with Crippen molar-refractivity contribution >= 4 is 10.0 Å². The molecule has 0 amide bonds. The van der Waals surface area contributed by atoms with E-state index in [9.17, 15) is 4.11 Å². The van der Waals surface area contributed by atoms with Crippen LogP contribution in [0.2, 0.25) is 0 Å². The van der Waals surface area contributed by atoms with E-state index >= 15 is 0 Å². The summed E-state index contributed by atoms with van der Waals surface area (Å²) in [6.45, 7) is 0.898. The van der Waals surface area contributed by atoms with Gasteiger partial charge in [0.2, 0.25) is 0 Å². The van der Waals surface area contributed by atoms with E-state index < -0.39 is 10.0 Å². The van der Waals surface area contributed by atoms with E-state index in [2.05, 4.69) is 4.98 Å². The molecule has 0 aromatic heterocycles. The molecule has 0 saturated heterocycles. The maximum atomic E-state index is 11.7. The standard InChI is InChI=1S/C7H14FNSi/c8-10-9-6-7-4-2-1-3-5-7/h7,9H,1-6H2. The quantitative estimate of drug-likeness (QED) is 0.488. The van der Waals surface area contributed by atoms with Crippen LogP contribution < -0.4 is 4.98 Å². The van der Waals surface area contributed by atoms with Crippen LogP contribution in [0.5, 0.6) is 0 Å². The number of hydrogen-bond acceptors (Lipinski definition) is 1. The van der Waals surface area contributed by atoms with Crippen molar-refractivity contribution in [2.75, 3.05) is 6.54 Å². The summed E-state index contributed by atoms with van der Waals surface area (Å²) in [4.78, 5) is 2.78. The van der Waals surface area contributed by atoms with Crippen molar-refractivity contribution in [3.05, 3.63) is 0 Å². The third kappa shape index (κ3) is 2.79. The molecule has 1 fully saturated rings. The average molecular weight is 159 g/mol. The minimum atomic E-state index is -0.568. The molecule has 58 valence electrons. The monoisotopic (exact) mass is 159 g/mol. The molecule has 0 unspecified atom stereocenters. The summed E-state index contributed by atoms with van der Waals surface area (Å²) in [5, 5.41) is 0. The van der Waals surface area contributed by atoms with Crippen molar-refractivity contribution in [2.24, 2.45) is 5.92 Å². The van der Waals surface area contributed by atoms with Gasteiger partial charge in [-0.05, 0) is 25.3 Å². The maximum absolute atomic E-state index is 11.7. The fraction of sp³-hybridized carbons (Fsp3) is 1.00. The van der Waals surface area contributed by atoms with Gasteiger partial charge in [0.1, 0.15) is 0 Å². The minimum absolute atomic E-state index is 0.568. The predicted molar refractivity (Wildman–Crippen MR) is 41.4 cm³/mol. The SMILES string of the molecule is F[Si]NCC1CCCCC1. The fourth-order valence-corrected chi connectivity index (χ4v) is 1.94. The molecule has 0 aliphatic heterocycles. The average Bonchev–Trinajstić information content (AvgIpc) is 2.03. The second-order valence-electron chi connectivity index (χ2n) is 2.98. The van der Waals surface area contributed by atoms with E-state index in [1.807, 2.05) is 0 Å². The first-order chi connectivity index (χ1) is 4.93. The Morgan fingerprint density at radius 2 is 2.00 bits per heavy atom. The summed E-state index contributed by atoms with van der Waals surface area (Å²) in [5.74, 6) is 0.761. The van der Waals surface area contributed by atoms with E-state index in [-0.39, 0.29) is 0 Å². The Kier molecular flexibility index (Phi) is 3.98. The van der Waals surface area contributed by atoms with Gasteiger partial charge in [0.25, 0.3) is 0 Å². The molecule has 1 N–H and O–H groups in total. The molecule has 0 aromatic carbocycles. The first-order valence-electron chi connectivity index (χ1n) is 4.02. The summed E-state index contributed by atoms with van der Waals surface area (Å²) < 4.78 is 11.7. The van der Waals surface area contributed by atoms with Crippen molar-refractivity contribution in [1.82, 2.24) is 4.98 Å². The topological polar surface area (TPSA) is 12.0 Å². The number of nitrogens with one attached hydrogen (secondary N) is 1. The van der Waals surface area contributed by atoms with Crippen molar-refractivity contribution in [2.45, 2.75) is 32.1 Å². The van der Waals surface area contributed by atoms with Crippen LogP contribution in [0, 0.1) is 5.92 Å². The molecule has 3 heteroatoms. The molecule has 1 rings (SSSR count). The molecule has 2 radical (unpaired) electrons. The van der Waals surface area contributed by atoms with Crippen molar-refractivity contribution in [3.63, 3.8) is 0 Å².